The van der Waals surface area contributed by atoms with Crippen molar-refractivity contribution in [2.24, 2.45) is 5.92 Å². The van der Waals surface area contributed by atoms with E-state index in [4.69, 9.17) is 0 Å². The summed E-state index contributed by atoms with van der Waals surface area (Å²) >= 11 is 1.52. The van der Waals surface area contributed by atoms with Crippen LogP contribution in [0.2, 0.25) is 0 Å². The van der Waals surface area contributed by atoms with Gasteiger partial charge in [0.25, 0.3) is 5.91 Å². The fraction of sp³-hybridized carbons (Fsp3) is 0.552. The first-order chi connectivity index (χ1) is 18.5. The van der Waals surface area contributed by atoms with Crippen LogP contribution in [-0.4, -0.2) is 59.8 Å². The number of nitrogens with zero attached hydrogens (tertiary/aromatic N) is 2. The third-order valence-electron chi connectivity index (χ3n) is 8.82. The van der Waals surface area contributed by atoms with Crippen LogP contribution in [0.3, 0.4) is 0 Å². The van der Waals surface area contributed by atoms with Gasteiger partial charge in [0.2, 0.25) is 5.91 Å². The summed E-state index contributed by atoms with van der Waals surface area (Å²) < 4.78 is 0. The molecule has 3 saturated heterocycles. The molecule has 4 heterocycles. The SMILES string of the molecule is C=CC(=O)N1CCC[C@@H](NC(=O)C2=C3NC(=O)N(c4cccc(C5CCCCC5)c4)C4CCNC(S2)C34)C1. The first-order valence-electron chi connectivity index (χ1n) is 14.1. The maximum Gasteiger partial charge on any atom is 0.326 e. The first kappa shape index (κ1) is 25.5. The van der Waals surface area contributed by atoms with Gasteiger partial charge in [-0.15, -0.1) is 0 Å². The van der Waals surface area contributed by atoms with Crippen LogP contribution in [0.4, 0.5) is 10.5 Å². The summed E-state index contributed by atoms with van der Waals surface area (Å²) in [6, 6.07) is 8.29. The second-order valence-electron chi connectivity index (χ2n) is 11.1. The number of carbonyl (C=O) groups excluding carboxylic acids is 3. The lowest BCUT2D eigenvalue weighted by Gasteiger charge is -2.46. The predicted molar refractivity (Wildman–Crippen MR) is 150 cm³/mol. The van der Waals surface area contributed by atoms with Gasteiger partial charge in [-0.25, -0.2) is 4.79 Å². The number of benzene rings is 1. The highest BCUT2D eigenvalue weighted by molar-refractivity contribution is 8.04. The molecule has 38 heavy (non-hydrogen) atoms. The molecule has 6 rings (SSSR count). The van der Waals surface area contributed by atoms with E-state index in [9.17, 15) is 14.4 Å². The molecule has 5 aliphatic rings. The highest BCUT2D eigenvalue weighted by atomic mass is 32.2. The Hall–Kier alpha value is -2.78. The summed E-state index contributed by atoms with van der Waals surface area (Å²) in [5.74, 6) is 0.329. The molecular weight excluding hydrogens is 498 g/mol. The molecule has 3 N–H and O–H groups in total. The molecule has 4 aliphatic heterocycles. The van der Waals surface area contributed by atoms with Crippen LogP contribution in [-0.2, 0) is 9.59 Å². The number of likely N-dealkylation sites (tertiary alicyclic amines) is 1. The molecule has 4 atom stereocenters. The van der Waals surface area contributed by atoms with Crippen LogP contribution in [0.1, 0.15) is 62.8 Å². The summed E-state index contributed by atoms with van der Waals surface area (Å²) in [4.78, 5) is 43.4. The van der Waals surface area contributed by atoms with E-state index in [0.29, 0.717) is 23.9 Å². The molecule has 0 radical (unpaired) electrons. The van der Waals surface area contributed by atoms with Crippen LogP contribution in [0.15, 0.2) is 47.5 Å². The number of thioether (sulfide) groups is 1. The Morgan fingerprint density at radius 1 is 1.11 bits per heavy atom. The summed E-state index contributed by atoms with van der Waals surface area (Å²) in [6.45, 7) is 5.55. The minimum absolute atomic E-state index is 0.000194. The molecule has 1 aliphatic carbocycles. The van der Waals surface area contributed by atoms with E-state index in [0.717, 1.165) is 37.2 Å². The Morgan fingerprint density at radius 2 is 1.95 bits per heavy atom. The monoisotopic (exact) mass is 535 g/mol. The number of anilines is 1. The van der Waals surface area contributed by atoms with E-state index in [2.05, 4.69) is 40.7 Å². The van der Waals surface area contributed by atoms with Crippen LogP contribution in [0.25, 0.3) is 0 Å². The zero-order valence-corrected chi connectivity index (χ0v) is 22.6. The van der Waals surface area contributed by atoms with Crippen molar-refractivity contribution in [3.05, 3.63) is 53.1 Å². The van der Waals surface area contributed by atoms with Crippen molar-refractivity contribution in [2.75, 3.05) is 24.5 Å². The summed E-state index contributed by atoms with van der Waals surface area (Å²) in [5, 5.41) is 9.89. The number of rotatable bonds is 5. The van der Waals surface area contributed by atoms with Gasteiger partial charge < -0.3 is 20.9 Å². The fourth-order valence-electron chi connectivity index (χ4n) is 6.96. The topological polar surface area (TPSA) is 93.8 Å². The highest BCUT2D eigenvalue weighted by Crippen LogP contribution is 2.48. The molecule has 9 heteroatoms. The molecule has 0 bridgehead atoms. The van der Waals surface area contributed by atoms with E-state index in [1.54, 1.807) is 4.90 Å². The normalized spacial score (nSPS) is 29.5. The molecular formula is C29H37N5O3S. The molecule has 1 aromatic carbocycles. The lowest BCUT2D eigenvalue weighted by molar-refractivity contribution is -0.128. The number of hydrogen-bond acceptors (Lipinski definition) is 5. The summed E-state index contributed by atoms with van der Waals surface area (Å²) in [7, 11) is 0. The van der Waals surface area contributed by atoms with Crippen molar-refractivity contribution < 1.29 is 14.4 Å². The Morgan fingerprint density at radius 3 is 2.76 bits per heavy atom. The molecule has 4 amide bonds. The van der Waals surface area contributed by atoms with E-state index in [1.165, 1.54) is 55.5 Å². The van der Waals surface area contributed by atoms with Gasteiger partial charge >= 0.3 is 6.03 Å². The van der Waals surface area contributed by atoms with Crippen LogP contribution in [0, 0.1) is 5.92 Å². The third-order valence-corrected chi connectivity index (χ3v) is 10.2. The number of nitrogens with one attached hydrogen (secondary N) is 3. The minimum Gasteiger partial charge on any atom is -0.347 e. The zero-order chi connectivity index (χ0) is 26.2. The Labute approximate surface area is 228 Å². The first-order valence-corrected chi connectivity index (χ1v) is 15.0. The summed E-state index contributed by atoms with van der Waals surface area (Å²) in [5.41, 5.74) is 3.03. The number of piperidine rings is 2. The standard InChI is InChI=1S/C29H37N5O3S/c1-2-23(35)33-15-7-11-20(17-33)31-27(36)26-25-24-22(13-14-30-28(24)38-26)34(29(37)32-25)21-12-6-10-19(16-21)18-8-4-3-5-9-18/h2,6,10,12,16,18,20,22,24,28,30H,1,3-5,7-9,11,13-15,17H2,(H,31,36)(H,32,37)/t20-,22?,24?,28?/m1/s1. The lowest BCUT2D eigenvalue weighted by atomic mass is 9.83. The Kier molecular flexibility index (Phi) is 7.22. The van der Waals surface area contributed by atoms with Gasteiger partial charge in [-0.1, -0.05) is 49.7 Å². The van der Waals surface area contributed by atoms with Crippen molar-refractivity contribution in [2.45, 2.75) is 74.7 Å². The van der Waals surface area contributed by atoms with Crippen LogP contribution >= 0.6 is 11.8 Å². The number of carbonyl (C=O) groups is 3. The average Bonchev–Trinajstić information content (AvgIpc) is 3.33. The molecule has 1 saturated carbocycles. The van der Waals surface area contributed by atoms with Gasteiger partial charge in [0, 0.05) is 36.4 Å². The van der Waals surface area contributed by atoms with Crippen molar-refractivity contribution in [1.29, 1.82) is 0 Å². The number of hydrogen-bond donors (Lipinski definition) is 3. The van der Waals surface area contributed by atoms with Crippen molar-refractivity contribution in [3.8, 4) is 0 Å². The highest BCUT2D eigenvalue weighted by Gasteiger charge is 2.51. The Balaban J connectivity index is 1.22. The second-order valence-corrected chi connectivity index (χ2v) is 12.3. The molecule has 1 aromatic rings. The predicted octanol–water partition coefficient (Wildman–Crippen LogP) is 3.82. The number of urea groups is 1. The maximum absolute atomic E-state index is 13.6. The van der Waals surface area contributed by atoms with Gasteiger partial charge in [0.1, 0.15) is 0 Å². The molecule has 8 nitrogen and oxygen atoms in total. The van der Waals surface area contributed by atoms with Gasteiger partial charge in [-0.05, 0) is 68.3 Å². The smallest absolute Gasteiger partial charge is 0.326 e. The second kappa shape index (κ2) is 10.8. The molecule has 0 spiro atoms. The van der Waals surface area contributed by atoms with Crippen LogP contribution < -0.4 is 20.9 Å². The van der Waals surface area contributed by atoms with E-state index < -0.39 is 0 Å². The molecule has 0 aromatic heterocycles. The summed E-state index contributed by atoms with van der Waals surface area (Å²) in [6.07, 6.45) is 10.1. The van der Waals surface area contributed by atoms with Gasteiger partial charge in [0.15, 0.2) is 0 Å². The molecule has 202 valence electrons. The van der Waals surface area contributed by atoms with Crippen molar-refractivity contribution >= 4 is 35.3 Å². The maximum atomic E-state index is 13.6. The number of amides is 4. The molecule has 3 unspecified atom stereocenters. The van der Waals surface area contributed by atoms with Crippen LogP contribution in [0.5, 0.6) is 0 Å². The van der Waals surface area contributed by atoms with E-state index >= 15 is 0 Å². The quantitative estimate of drug-likeness (QED) is 0.499. The molecule has 4 fully saturated rings. The average molecular weight is 536 g/mol. The zero-order valence-electron chi connectivity index (χ0n) is 21.8. The lowest BCUT2D eigenvalue weighted by Crippen LogP contribution is -2.62. The minimum atomic E-state index is -0.161. The third kappa shape index (κ3) is 4.75. The van der Waals surface area contributed by atoms with Crippen molar-refractivity contribution in [1.82, 2.24) is 20.9 Å². The van der Waals surface area contributed by atoms with Gasteiger partial charge in [0.05, 0.1) is 16.3 Å². The van der Waals surface area contributed by atoms with Gasteiger partial charge in [-0.2, -0.15) is 0 Å². The van der Waals surface area contributed by atoms with Gasteiger partial charge in [-0.3, -0.25) is 14.5 Å². The fourth-order valence-corrected chi connectivity index (χ4v) is 8.36. The van der Waals surface area contributed by atoms with Crippen molar-refractivity contribution in [3.63, 3.8) is 0 Å². The van der Waals surface area contributed by atoms with E-state index in [1.807, 2.05) is 11.0 Å². The Bertz CT molecular complexity index is 1160. The van der Waals surface area contributed by atoms with E-state index in [-0.39, 0.29) is 41.2 Å². The largest absolute Gasteiger partial charge is 0.347 e.